The van der Waals surface area contributed by atoms with E-state index >= 15 is 0 Å². The average molecular weight is 288 g/mol. The molecule has 0 saturated carbocycles. The van der Waals surface area contributed by atoms with Crippen LogP contribution in [0.3, 0.4) is 0 Å². The predicted octanol–water partition coefficient (Wildman–Crippen LogP) is -0.249. The summed E-state index contributed by atoms with van der Waals surface area (Å²) < 4.78 is 1.43. The number of H-pyrrole nitrogens is 1. The molecule has 0 aliphatic rings. The van der Waals surface area contributed by atoms with Crippen molar-refractivity contribution in [2.24, 2.45) is 5.84 Å². The van der Waals surface area contributed by atoms with Crippen molar-refractivity contribution in [2.45, 2.75) is 19.9 Å². The highest BCUT2D eigenvalue weighted by Crippen LogP contribution is 2.05. The highest BCUT2D eigenvalue weighted by molar-refractivity contribution is 5.93. The van der Waals surface area contributed by atoms with Gasteiger partial charge >= 0.3 is 5.69 Å². The van der Waals surface area contributed by atoms with Gasteiger partial charge in [-0.15, -0.1) is 0 Å². The van der Waals surface area contributed by atoms with Gasteiger partial charge in [0.2, 0.25) is 0 Å². The molecule has 0 saturated heterocycles. The Labute approximate surface area is 120 Å². The molecule has 2 rings (SSSR count). The van der Waals surface area contributed by atoms with Crippen LogP contribution in [0.25, 0.3) is 0 Å². The SMILES string of the molecule is CCc1cn(Cc2ccc(C(=O)NN)cc2)c(=O)[nH]c1=O. The lowest BCUT2D eigenvalue weighted by Gasteiger charge is -2.07. The smallest absolute Gasteiger partial charge is 0.296 e. The van der Waals surface area contributed by atoms with Crippen molar-refractivity contribution in [2.75, 3.05) is 0 Å². The van der Waals surface area contributed by atoms with Gasteiger partial charge in [0.1, 0.15) is 0 Å². The van der Waals surface area contributed by atoms with Gasteiger partial charge in [-0.1, -0.05) is 19.1 Å². The van der Waals surface area contributed by atoms with Gasteiger partial charge in [0.25, 0.3) is 11.5 Å². The molecular formula is C14H16N4O3. The number of nitrogens with two attached hydrogens (primary N) is 1. The van der Waals surface area contributed by atoms with Crippen LogP contribution in [0.4, 0.5) is 0 Å². The van der Waals surface area contributed by atoms with Gasteiger partial charge in [-0.25, -0.2) is 10.6 Å². The van der Waals surface area contributed by atoms with E-state index in [1.807, 2.05) is 12.3 Å². The summed E-state index contributed by atoms with van der Waals surface area (Å²) in [5.74, 6) is 4.67. The summed E-state index contributed by atoms with van der Waals surface area (Å²) in [5, 5.41) is 0. The molecule has 7 nitrogen and oxygen atoms in total. The number of amides is 1. The second kappa shape index (κ2) is 6.19. The summed E-state index contributed by atoms with van der Waals surface area (Å²) in [6.45, 7) is 2.16. The van der Waals surface area contributed by atoms with E-state index in [-0.39, 0.29) is 11.5 Å². The average Bonchev–Trinajstić information content (AvgIpc) is 2.50. The molecule has 0 spiro atoms. The first-order valence-electron chi connectivity index (χ1n) is 6.47. The summed E-state index contributed by atoms with van der Waals surface area (Å²) in [6.07, 6.45) is 2.10. The number of carbonyl (C=O) groups is 1. The summed E-state index contributed by atoms with van der Waals surface area (Å²) >= 11 is 0. The molecule has 0 aliphatic carbocycles. The number of nitrogens with one attached hydrogen (secondary N) is 2. The zero-order valence-electron chi connectivity index (χ0n) is 11.6. The first kappa shape index (κ1) is 14.7. The molecule has 0 radical (unpaired) electrons. The zero-order valence-corrected chi connectivity index (χ0v) is 11.6. The van der Waals surface area contributed by atoms with Crippen molar-refractivity contribution in [1.82, 2.24) is 15.0 Å². The summed E-state index contributed by atoms with van der Waals surface area (Å²) in [4.78, 5) is 36.9. The largest absolute Gasteiger partial charge is 0.328 e. The molecule has 1 aromatic heterocycles. The van der Waals surface area contributed by atoms with Crippen LogP contribution in [-0.2, 0) is 13.0 Å². The lowest BCUT2D eigenvalue weighted by molar-refractivity contribution is 0.0953. The molecule has 0 atom stereocenters. The highest BCUT2D eigenvalue weighted by Gasteiger charge is 2.06. The monoisotopic (exact) mass is 288 g/mol. The van der Waals surface area contributed by atoms with Gasteiger partial charge in [0.15, 0.2) is 0 Å². The zero-order chi connectivity index (χ0) is 15.4. The maximum Gasteiger partial charge on any atom is 0.328 e. The Morgan fingerprint density at radius 3 is 2.52 bits per heavy atom. The van der Waals surface area contributed by atoms with E-state index in [0.717, 1.165) is 5.56 Å². The van der Waals surface area contributed by atoms with E-state index in [9.17, 15) is 14.4 Å². The molecule has 1 aromatic carbocycles. The Morgan fingerprint density at radius 1 is 1.29 bits per heavy atom. The number of hydrogen-bond acceptors (Lipinski definition) is 4. The van der Waals surface area contributed by atoms with Gasteiger partial charge in [0.05, 0.1) is 6.54 Å². The number of nitrogen functional groups attached to an aromatic ring is 1. The number of nitrogens with zero attached hydrogens (tertiary/aromatic N) is 1. The number of hydrazine groups is 1. The minimum Gasteiger partial charge on any atom is -0.296 e. The molecule has 2 aromatic rings. The minimum atomic E-state index is -0.457. The van der Waals surface area contributed by atoms with Gasteiger partial charge in [-0.2, -0.15) is 0 Å². The molecule has 1 amide bonds. The fourth-order valence-corrected chi connectivity index (χ4v) is 1.97. The van der Waals surface area contributed by atoms with E-state index < -0.39 is 5.69 Å². The normalized spacial score (nSPS) is 10.4. The van der Waals surface area contributed by atoms with Crippen molar-refractivity contribution < 1.29 is 4.79 Å². The number of aromatic nitrogens is 2. The van der Waals surface area contributed by atoms with E-state index in [1.165, 1.54) is 4.57 Å². The minimum absolute atomic E-state index is 0.313. The second-order valence-electron chi connectivity index (χ2n) is 4.57. The number of aromatic amines is 1. The number of benzene rings is 1. The van der Waals surface area contributed by atoms with Gasteiger partial charge in [0, 0.05) is 17.3 Å². The third kappa shape index (κ3) is 3.26. The first-order valence-corrected chi connectivity index (χ1v) is 6.47. The molecule has 4 N–H and O–H groups in total. The fourth-order valence-electron chi connectivity index (χ4n) is 1.97. The molecule has 0 fully saturated rings. The second-order valence-corrected chi connectivity index (χ2v) is 4.57. The highest BCUT2D eigenvalue weighted by atomic mass is 16.2. The van der Waals surface area contributed by atoms with E-state index in [1.54, 1.807) is 30.5 Å². The Bertz CT molecular complexity index is 759. The quantitative estimate of drug-likeness (QED) is 0.409. The number of carbonyl (C=O) groups excluding carboxylic acids is 1. The van der Waals surface area contributed by atoms with Crippen molar-refractivity contribution >= 4 is 5.91 Å². The Balaban J connectivity index is 2.28. The molecule has 21 heavy (non-hydrogen) atoms. The van der Waals surface area contributed by atoms with E-state index in [2.05, 4.69) is 4.98 Å². The van der Waals surface area contributed by atoms with Gasteiger partial charge in [-0.05, 0) is 24.1 Å². The van der Waals surface area contributed by atoms with Crippen LogP contribution in [0.2, 0.25) is 0 Å². The Kier molecular flexibility index (Phi) is 4.34. The van der Waals surface area contributed by atoms with Crippen molar-refractivity contribution in [3.05, 3.63) is 68.0 Å². The first-order chi connectivity index (χ1) is 10.0. The topological polar surface area (TPSA) is 110 Å². The van der Waals surface area contributed by atoms with Crippen LogP contribution < -0.4 is 22.5 Å². The molecule has 0 bridgehead atoms. The van der Waals surface area contributed by atoms with E-state index in [4.69, 9.17) is 5.84 Å². The fraction of sp³-hybridized carbons (Fsp3) is 0.214. The third-order valence-corrected chi connectivity index (χ3v) is 3.17. The molecule has 7 heteroatoms. The lowest BCUT2D eigenvalue weighted by atomic mass is 10.1. The molecule has 1 heterocycles. The van der Waals surface area contributed by atoms with Crippen LogP contribution in [0, 0.1) is 0 Å². The number of rotatable bonds is 4. The molecule has 0 aliphatic heterocycles. The molecule has 0 unspecified atom stereocenters. The standard InChI is InChI=1S/C14H16N4O3/c1-2-10-8-18(14(21)16-12(10)19)7-9-3-5-11(6-4-9)13(20)17-15/h3-6,8H,2,7,15H2,1H3,(H,17,20)(H,16,19,21). The summed E-state index contributed by atoms with van der Waals surface area (Å²) in [7, 11) is 0. The Morgan fingerprint density at radius 2 is 1.95 bits per heavy atom. The van der Waals surface area contributed by atoms with Gasteiger partial charge < -0.3 is 0 Å². The maximum absolute atomic E-state index is 11.8. The summed E-state index contributed by atoms with van der Waals surface area (Å²) in [6, 6.07) is 6.70. The number of aryl methyl sites for hydroxylation is 1. The molecular weight excluding hydrogens is 272 g/mol. The van der Waals surface area contributed by atoms with Crippen LogP contribution in [0.1, 0.15) is 28.4 Å². The van der Waals surface area contributed by atoms with Crippen LogP contribution in [0.15, 0.2) is 40.1 Å². The maximum atomic E-state index is 11.8. The Hall–Kier alpha value is -2.67. The number of hydrogen-bond donors (Lipinski definition) is 3. The van der Waals surface area contributed by atoms with Crippen LogP contribution in [-0.4, -0.2) is 15.5 Å². The van der Waals surface area contributed by atoms with Crippen molar-refractivity contribution in [3.8, 4) is 0 Å². The van der Waals surface area contributed by atoms with Gasteiger partial charge in [-0.3, -0.25) is 24.6 Å². The van der Waals surface area contributed by atoms with Crippen LogP contribution >= 0.6 is 0 Å². The van der Waals surface area contributed by atoms with Crippen molar-refractivity contribution in [1.29, 1.82) is 0 Å². The summed E-state index contributed by atoms with van der Waals surface area (Å²) in [5.41, 5.74) is 3.05. The third-order valence-electron chi connectivity index (χ3n) is 3.17. The van der Waals surface area contributed by atoms with Crippen LogP contribution in [0.5, 0.6) is 0 Å². The van der Waals surface area contributed by atoms with E-state index in [0.29, 0.717) is 24.1 Å². The molecule has 110 valence electrons. The predicted molar refractivity (Wildman–Crippen MR) is 77.9 cm³/mol. The van der Waals surface area contributed by atoms with Crippen molar-refractivity contribution in [3.63, 3.8) is 0 Å². The lowest BCUT2D eigenvalue weighted by Crippen LogP contribution is -2.32.